The number of nitrogens with one attached hydrogen (secondary N) is 1. The average molecular weight is 278 g/mol. The number of carbonyl (C=O) groups excluding carboxylic acids is 1. The second-order valence-electron chi connectivity index (χ2n) is 3.57. The Balaban J connectivity index is 2.45. The molecule has 0 fully saturated rings. The SMILES string of the molecule is CN(C)CCOC(=O)Nc1cc(Cl)nc(Cl)c1. The molecule has 0 aliphatic carbocycles. The number of pyridine rings is 1. The lowest BCUT2D eigenvalue weighted by Gasteiger charge is -2.10. The van der Waals surface area contributed by atoms with E-state index in [9.17, 15) is 4.79 Å². The van der Waals surface area contributed by atoms with E-state index in [2.05, 4.69) is 10.3 Å². The Hall–Kier alpha value is -1.04. The summed E-state index contributed by atoms with van der Waals surface area (Å²) in [5.74, 6) is 0. The third-order valence-corrected chi connectivity index (χ3v) is 2.17. The molecule has 0 unspecified atom stereocenters. The molecule has 0 aromatic carbocycles. The van der Waals surface area contributed by atoms with Crippen molar-refractivity contribution in [3.05, 3.63) is 22.4 Å². The molecule has 1 aromatic heterocycles. The van der Waals surface area contributed by atoms with Gasteiger partial charge in [-0.2, -0.15) is 0 Å². The number of nitrogens with zero attached hydrogens (tertiary/aromatic N) is 2. The van der Waals surface area contributed by atoms with Crippen LogP contribution in [0.2, 0.25) is 10.3 Å². The first kappa shape index (κ1) is 14.0. The van der Waals surface area contributed by atoms with Crippen molar-refractivity contribution < 1.29 is 9.53 Å². The van der Waals surface area contributed by atoms with E-state index >= 15 is 0 Å². The predicted octanol–water partition coefficient (Wildman–Crippen LogP) is 2.50. The fourth-order valence-electron chi connectivity index (χ4n) is 1.01. The predicted molar refractivity (Wildman–Crippen MR) is 67.8 cm³/mol. The van der Waals surface area contributed by atoms with Crippen molar-refractivity contribution in [1.82, 2.24) is 9.88 Å². The number of carbonyl (C=O) groups is 1. The molecule has 94 valence electrons. The van der Waals surface area contributed by atoms with Gasteiger partial charge in [-0.1, -0.05) is 23.2 Å². The number of rotatable bonds is 4. The number of anilines is 1. The van der Waals surface area contributed by atoms with Gasteiger partial charge in [0.2, 0.25) is 0 Å². The maximum atomic E-state index is 11.4. The first-order valence-electron chi connectivity index (χ1n) is 4.89. The lowest BCUT2D eigenvalue weighted by Crippen LogP contribution is -2.22. The highest BCUT2D eigenvalue weighted by atomic mass is 35.5. The Morgan fingerprint density at radius 3 is 2.53 bits per heavy atom. The number of ether oxygens (including phenoxy) is 1. The van der Waals surface area contributed by atoms with Crippen molar-refractivity contribution in [2.75, 3.05) is 32.6 Å². The van der Waals surface area contributed by atoms with E-state index in [1.54, 1.807) is 0 Å². The minimum absolute atomic E-state index is 0.209. The van der Waals surface area contributed by atoms with E-state index in [4.69, 9.17) is 27.9 Å². The first-order chi connectivity index (χ1) is 7.97. The van der Waals surface area contributed by atoms with Crippen LogP contribution in [0.15, 0.2) is 12.1 Å². The van der Waals surface area contributed by atoms with Crippen LogP contribution in [0.25, 0.3) is 0 Å². The normalized spacial score (nSPS) is 10.4. The molecule has 0 saturated heterocycles. The van der Waals surface area contributed by atoms with Gasteiger partial charge in [-0.25, -0.2) is 9.78 Å². The Morgan fingerprint density at radius 1 is 1.41 bits per heavy atom. The summed E-state index contributed by atoms with van der Waals surface area (Å²) in [4.78, 5) is 17.0. The van der Waals surface area contributed by atoms with Gasteiger partial charge in [0.15, 0.2) is 0 Å². The second-order valence-corrected chi connectivity index (χ2v) is 4.34. The lowest BCUT2D eigenvalue weighted by molar-refractivity contribution is 0.151. The van der Waals surface area contributed by atoms with E-state index in [-0.39, 0.29) is 10.3 Å². The van der Waals surface area contributed by atoms with E-state index < -0.39 is 6.09 Å². The molecular formula is C10H13Cl2N3O2. The molecular weight excluding hydrogens is 265 g/mol. The fourth-order valence-corrected chi connectivity index (χ4v) is 1.47. The third kappa shape index (κ3) is 5.72. The van der Waals surface area contributed by atoms with E-state index in [0.29, 0.717) is 18.8 Å². The molecule has 1 rings (SSSR count). The van der Waals surface area contributed by atoms with Gasteiger partial charge in [0.25, 0.3) is 0 Å². The molecule has 1 N–H and O–H groups in total. The van der Waals surface area contributed by atoms with Gasteiger partial charge < -0.3 is 9.64 Å². The molecule has 1 heterocycles. The average Bonchev–Trinajstić information content (AvgIpc) is 2.14. The van der Waals surface area contributed by atoms with Crippen LogP contribution in [0, 0.1) is 0 Å². The molecule has 0 aliphatic rings. The summed E-state index contributed by atoms with van der Waals surface area (Å²) in [6.45, 7) is 0.969. The summed E-state index contributed by atoms with van der Waals surface area (Å²) >= 11 is 11.4. The first-order valence-corrected chi connectivity index (χ1v) is 5.64. The Labute approximate surface area is 110 Å². The van der Waals surface area contributed by atoms with Crippen molar-refractivity contribution >= 4 is 35.0 Å². The molecule has 0 spiro atoms. The Morgan fingerprint density at radius 2 is 2.00 bits per heavy atom. The standard InChI is InChI=1S/C10H13Cl2N3O2/c1-15(2)3-4-17-10(16)13-7-5-8(11)14-9(12)6-7/h5-6H,3-4H2,1-2H3,(H,13,14,16). The zero-order valence-corrected chi connectivity index (χ0v) is 11.0. The van der Waals surface area contributed by atoms with E-state index in [1.807, 2.05) is 19.0 Å². The van der Waals surface area contributed by atoms with Crippen molar-refractivity contribution in [1.29, 1.82) is 0 Å². The number of amides is 1. The smallest absolute Gasteiger partial charge is 0.411 e. The molecule has 7 heteroatoms. The summed E-state index contributed by atoms with van der Waals surface area (Å²) in [5.41, 5.74) is 0.449. The minimum atomic E-state index is -0.551. The number of hydrogen-bond donors (Lipinski definition) is 1. The van der Waals surface area contributed by atoms with Gasteiger partial charge in [-0.3, -0.25) is 5.32 Å². The monoisotopic (exact) mass is 277 g/mol. The number of likely N-dealkylation sites (N-methyl/N-ethyl adjacent to an activating group) is 1. The topological polar surface area (TPSA) is 54.5 Å². The molecule has 5 nitrogen and oxygen atoms in total. The van der Waals surface area contributed by atoms with E-state index in [0.717, 1.165) is 0 Å². The van der Waals surface area contributed by atoms with Crippen LogP contribution >= 0.6 is 23.2 Å². The van der Waals surface area contributed by atoms with Gasteiger partial charge in [0.1, 0.15) is 16.9 Å². The molecule has 0 aliphatic heterocycles. The van der Waals surface area contributed by atoms with Gasteiger partial charge in [-0.15, -0.1) is 0 Å². The Kier molecular flexibility index (Phi) is 5.47. The van der Waals surface area contributed by atoms with Crippen LogP contribution in [0.1, 0.15) is 0 Å². The molecule has 0 saturated carbocycles. The molecule has 17 heavy (non-hydrogen) atoms. The van der Waals surface area contributed by atoms with Crippen molar-refractivity contribution in [2.24, 2.45) is 0 Å². The zero-order chi connectivity index (χ0) is 12.8. The van der Waals surface area contributed by atoms with Gasteiger partial charge in [0.05, 0.1) is 5.69 Å². The molecule has 1 aromatic rings. The van der Waals surface area contributed by atoms with Crippen LogP contribution < -0.4 is 5.32 Å². The largest absolute Gasteiger partial charge is 0.448 e. The minimum Gasteiger partial charge on any atom is -0.448 e. The van der Waals surface area contributed by atoms with Crippen molar-refractivity contribution in [3.63, 3.8) is 0 Å². The Bertz CT molecular complexity index is 379. The highest BCUT2D eigenvalue weighted by Crippen LogP contribution is 2.18. The van der Waals surface area contributed by atoms with Gasteiger partial charge in [0, 0.05) is 6.54 Å². The number of halogens is 2. The molecule has 0 radical (unpaired) electrons. The summed E-state index contributed by atoms with van der Waals surface area (Å²) in [6, 6.07) is 2.97. The summed E-state index contributed by atoms with van der Waals surface area (Å²) < 4.78 is 4.94. The van der Waals surface area contributed by atoms with E-state index in [1.165, 1.54) is 12.1 Å². The summed E-state index contributed by atoms with van der Waals surface area (Å²) in [5, 5.41) is 2.93. The van der Waals surface area contributed by atoms with Crippen LogP contribution in [-0.4, -0.2) is 43.2 Å². The zero-order valence-electron chi connectivity index (χ0n) is 9.54. The lowest BCUT2D eigenvalue weighted by atomic mass is 10.4. The molecule has 1 amide bonds. The molecule has 0 bridgehead atoms. The molecule has 0 atom stereocenters. The third-order valence-electron chi connectivity index (χ3n) is 1.78. The number of aromatic nitrogens is 1. The maximum absolute atomic E-state index is 11.4. The fraction of sp³-hybridized carbons (Fsp3) is 0.400. The summed E-state index contributed by atoms with van der Waals surface area (Å²) in [6.07, 6.45) is -0.551. The van der Waals surface area contributed by atoms with Crippen LogP contribution in [-0.2, 0) is 4.74 Å². The quantitative estimate of drug-likeness (QED) is 0.860. The van der Waals surface area contributed by atoms with Crippen LogP contribution in [0.4, 0.5) is 10.5 Å². The van der Waals surface area contributed by atoms with Crippen molar-refractivity contribution in [2.45, 2.75) is 0 Å². The van der Waals surface area contributed by atoms with Crippen LogP contribution in [0.3, 0.4) is 0 Å². The van der Waals surface area contributed by atoms with Crippen LogP contribution in [0.5, 0.6) is 0 Å². The number of hydrogen-bond acceptors (Lipinski definition) is 4. The summed E-state index contributed by atoms with van der Waals surface area (Å²) in [7, 11) is 3.79. The highest BCUT2D eigenvalue weighted by Gasteiger charge is 2.05. The maximum Gasteiger partial charge on any atom is 0.411 e. The second kappa shape index (κ2) is 6.64. The van der Waals surface area contributed by atoms with Gasteiger partial charge in [-0.05, 0) is 26.2 Å². The highest BCUT2D eigenvalue weighted by molar-refractivity contribution is 6.32. The van der Waals surface area contributed by atoms with Crippen molar-refractivity contribution in [3.8, 4) is 0 Å². The van der Waals surface area contributed by atoms with Gasteiger partial charge >= 0.3 is 6.09 Å².